The van der Waals surface area contributed by atoms with E-state index in [2.05, 4.69) is 10.5 Å². The fraction of sp³-hybridized carbons (Fsp3) is 0.111. The van der Waals surface area contributed by atoms with Crippen molar-refractivity contribution in [2.24, 2.45) is 5.10 Å². The Kier molecular flexibility index (Phi) is 8.80. The van der Waals surface area contributed by atoms with E-state index in [9.17, 15) is 13.2 Å². The second kappa shape index (κ2) is 12.2. The number of nitrogens with one attached hydrogen (secondary N) is 1. The summed E-state index contributed by atoms with van der Waals surface area (Å²) in [6, 6.07) is 20.8. The van der Waals surface area contributed by atoms with Crippen LogP contribution in [0.3, 0.4) is 0 Å². The molecule has 1 heterocycles. The maximum atomic E-state index is 13.6. The lowest BCUT2D eigenvalue weighted by Crippen LogP contribution is -2.39. The predicted molar refractivity (Wildman–Crippen MR) is 150 cm³/mol. The molecule has 0 spiro atoms. The number of carbonyl (C=O) groups is 1. The monoisotopic (exact) mass is 587 g/mol. The first kappa shape index (κ1) is 28.0. The third kappa shape index (κ3) is 6.54. The van der Waals surface area contributed by atoms with Crippen LogP contribution in [-0.2, 0) is 14.8 Å². The second-order valence-electron chi connectivity index (χ2n) is 7.98. The molecular formula is C27H23Cl2N3O6S. The third-order valence-electron chi connectivity index (χ3n) is 5.48. The molecule has 12 heteroatoms. The maximum absolute atomic E-state index is 13.6. The first-order valence-electron chi connectivity index (χ1n) is 11.4. The number of halogens is 2. The van der Waals surface area contributed by atoms with E-state index in [-0.39, 0.29) is 10.6 Å². The lowest BCUT2D eigenvalue weighted by atomic mass is 10.2. The number of hydrogen-bond acceptors (Lipinski definition) is 7. The number of nitrogens with zero attached hydrogens (tertiary/aromatic N) is 2. The van der Waals surface area contributed by atoms with E-state index in [1.165, 1.54) is 38.6 Å². The summed E-state index contributed by atoms with van der Waals surface area (Å²) in [6.45, 7) is -0.540. The molecular weight excluding hydrogens is 565 g/mol. The zero-order valence-corrected chi connectivity index (χ0v) is 23.1. The van der Waals surface area contributed by atoms with E-state index in [4.69, 9.17) is 37.1 Å². The first-order chi connectivity index (χ1) is 18.7. The quantitative estimate of drug-likeness (QED) is 0.190. The Labute approximate surface area is 235 Å². The molecule has 3 aromatic carbocycles. The van der Waals surface area contributed by atoms with Crippen molar-refractivity contribution in [1.29, 1.82) is 0 Å². The van der Waals surface area contributed by atoms with Gasteiger partial charge in [-0.05, 0) is 54.6 Å². The first-order valence-corrected chi connectivity index (χ1v) is 13.6. The summed E-state index contributed by atoms with van der Waals surface area (Å²) in [6.07, 6.45) is 1.29. The van der Waals surface area contributed by atoms with Gasteiger partial charge in [0.25, 0.3) is 15.9 Å². The number of hydrogen-bond donors (Lipinski definition) is 1. The average Bonchev–Trinajstić information content (AvgIpc) is 3.40. The molecule has 202 valence electrons. The summed E-state index contributed by atoms with van der Waals surface area (Å²) in [7, 11) is -1.32. The van der Waals surface area contributed by atoms with Crippen molar-refractivity contribution in [2.75, 3.05) is 25.1 Å². The number of furan rings is 1. The summed E-state index contributed by atoms with van der Waals surface area (Å²) in [4.78, 5) is 12.7. The standard InChI is InChI=1S/C27H23Cl2N3O6S/c1-36-25-13-10-21(15-26(25)37-2)39(34,35)32(19-6-4-3-5-7-19)17-27(33)31-30-16-20-9-12-24(38-20)22-11-8-18(28)14-23(22)29/h3-16H,17H2,1-2H3,(H,31,33)/b30-16-. The molecule has 4 rings (SSSR count). The van der Waals surface area contributed by atoms with Gasteiger partial charge in [-0.2, -0.15) is 5.10 Å². The van der Waals surface area contributed by atoms with Gasteiger partial charge in [0.15, 0.2) is 11.5 Å². The molecule has 0 bridgehead atoms. The highest BCUT2D eigenvalue weighted by Gasteiger charge is 2.28. The molecule has 0 aliphatic heterocycles. The van der Waals surface area contributed by atoms with E-state index < -0.39 is 22.5 Å². The highest BCUT2D eigenvalue weighted by Crippen LogP contribution is 2.33. The van der Waals surface area contributed by atoms with Gasteiger partial charge in [-0.25, -0.2) is 13.8 Å². The summed E-state index contributed by atoms with van der Waals surface area (Å²) in [5, 5.41) is 4.83. The van der Waals surface area contributed by atoms with Crippen molar-refractivity contribution < 1.29 is 27.1 Å². The van der Waals surface area contributed by atoms with Crippen molar-refractivity contribution >= 4 is 51.0 Å². The van der Waals surface area contributed by atoms with Crippen molar-refractivity contribution in [3.63, 3.8) is 0 Å². The van der Waals surface area contributed by atoms with Gasteiger partial charge in [-0.1, -0.05) is 41.4 Å². The summed E-state index contributed by atoms with van der Waals surface area (Å²) >= 11 is 12.2. The minimum Gasteiger partial charge on any atom is -0.493 e. The van der Waals surface area contributed by atoms with Gasteiger partial charge in [0.2, 0.25) is 0 Å². The Morgan fingerprint density at radius 3 is 2.41 bits per heavy atom. The van der Waals surface area contributed by atoms with E-state index in [1.54, 1.807) is 60.7 Å². The van der Waals surface area contributed by atoms with Crippen molar-refractivity contribution in [2.45, 2.75) is 4.90 Å². The van der Waals surface area contributed by atoms with Gasteiger partial charge in [-0.3, -0.25) is 9.10 Å². The number of sulfonamides is 1. The summed E-state index contributed by atoms with van der Waals surface area (Å²) in [5.74, 6) is 0.758. The maximum Gasteiger partial charge on any atom is 0.264 e. The number of para-hydroxylation sites is 1. The molecule has 0 saturated heterocycles. The molecule has 9 nitrogen and oxygen atoms in total. The number of benzene rings is 3. The smallest absolute Gasteiger partial charge is 0.264 e. The van der Waals surface area contributed by atoms with Gasteiger partial charge in [0.05, 0.1) is 36.0 Å². The Balaban J connectivity index is 1.52. The fourth-order valence-electron chi connectivity index (χ4n) is 3.60. The number of rotatable bonds is 10. The van der Waals surface area contributed by atoms with Crippen LogP contribution in [0.15, 0.2) is 93.3 Å². The van der Waals surface area contributed by atoms with E-state index >= 15 is 0 Å². The van der Waals surface area contributed by atoms with Crippen molar-refractivity contribution in [3.05, 3.63) is 94.7 Å². The Hall–Kier alpha value is -3.99. The van der Waals surface area contributed by atoms with Crippen LogP contribution in [0, 0.1) is 0 Å². The molecule has 1 amide bonds. The van der Waals surface area contributed by atoms with Crippen LogP contribution in [0.25, 0.3) is 11.3 Å². The van der Waals surface area contributed by atoms with Crippen LogP contribution in [0.1, 0.15) is 5.76 Å². The molecule has 1 aromatic heterocycles. The second-order valence-corrected chi connectivity index (χ2v) is 10.7. The normalized spacial score (nSPS) is 11.4. The molecule has 0 saturated carbocycles. The lowest BCUT2D eigenvalue weighted by molar-refractivity contribution is -0.119. The van der Waals surface area contributed by atoms with Crippen LogP contribution >= 0.6 is 23.2 Å². The molecule has 0 aliphatic rings. The van der Waals surface area contributed by atoms with E-state index in [1.807, 2.05) is 0 Å². The molecule has 0 atom stereocenters. The number of hydrazone groups is 1. The Morgan fingerprint density at radius 2 is 1.72 bits per heavy atom. The van der Waals surface area contributed by atoms with Crippen LogP contribution in [0.5, 0.6) is 11.5 Å². The predicted octanol–water partition coefficient (Wildman–Crippen LogP) is 5.62. The van der Waals surface area contributed by atoms with Gasteiger partial charge in [0.1, 0.15) is 18.1 Å². The molecule has 39 heavy (non-hydrogen) atoms. The minimum atomic E-state index is -4.17. The minimum absolute atomic E-state index is 0.0794. The average molecular weight is 588 g/mol. The number of methoxy groups -OCH3 is 2. The van der Waals surface area contributed by atoms with Crippen LogP contribution in [-0.4, -0.2) is 41.3 Å². The molecule has 0 radical (unpaired) electrons. The topological polar surface area (TPSA) is 110 Å². The highest BCUT2D eigenvalue weighted by atomic mass is 35.5. The fourth-order valence-corrected chi connectivity index (χ4v) is 5.54. The third-order valence-corrected chi connectivity index (χ3v) is 7.80. The number of carbonyl (C=O) groups excluding carboxylic acids is 1. The molecule has 1 N–H and O–H groups in total. The van der Waals surface area contributed by atoms with Gasteiger partial charge in [-0.15, -0.1) is 0 Å². The van der Waals surface area contributed by atoms with Crippen LogP contribution < -0.4 is 19.2 Å². The molecule has 0 fully saturated rings. The Bertz CT molecular complexity index is 1610. The molecule has 0 unspecified atom stereocenters. The van der Waals surface area contributed by atoms with Gasteiger partial charge in [0, 0.05) is 16.7 Å². The summed E-state index contributed by atoms with van der Waals surface area (Å²) in [5.41, 5.74) is 3.28. The molecule has 4 aromatic rings. The van der Waals surface area contributed by atoms with Gasteiger partial charge < -0.3 is 13.9 Å². The van der Waals surface area contributed by atoms with Crippen molar-refractivity contribution in [3.8, 4) is 22.8 Å². The number of anilines is 1. The highest BCUT2D eigenvalue weighted by molar-refractivity contribution is 7.92. The van der Waals surface area contributed by atoms with E-state index in [0.29, 0.717) is 38.6 Å². The largest absolute Gasteiger partial charge is 0.493 e. The van der Waals surface area contributed by atoms with Crippen LogP contribution in [0.4, 0.5) is 5.69 Å². The number of ether oxygens (including phenoxy) is 2. The lowest BCUT2D eigenvalue weighted by Gasteiger charge is -2.24. The van der Waals surface area contributed by atoms with E-state index in [0.717, 1.165) is 4.31 Å². The SMILES string of the molecule is COc1ccc(S(=O)(=O)N(CC(=O)N/N=C\c2ccc(-c3ccc(Cl)cc3Cl)o2)c2ccccc2)cc1OC. The summed E-state index contributed by atoms with van der Waals surface area (Å²) < 4.78 is 44.3. The zero-order chi connectivity index (χ0) is 28.0. The van der Waals surface area contributed by atoms with Crippen LogP contribution in [0.2, 0.25) is 10.0 Å². The zero-order valence-electron chi connectivity index (χ0n) is 20.8. The van der Waals surface area contributed by atoms with Crippen molar-refractivity contribution in [1.82, 2.24) is 5.43 Å². The Morgan fingerprint density at radius 1 is 0.974 bits per heavy atom. The molecule has 0 aliphatic carbocycles. The van der Waals surface area contributed by atoms with Gasteiger partial charge >= 0.3 is 0 Å². The number of amides is 1.